The monoisotopic (exact) mass is 361 g/mol. The highest BCUT2D eigenvalue weighted by molar-refractivity contribution is 5.27. The van der Waals surface area contributed by atoms with E-state index in [-0.39, 0.29) is 6.61 Å². The first-order chi connectivity index (χ1) is 12.5. The zero-order valence-electron chi connectivity index (χ0n) is 15.0. The normalized spacial score (nSPS) is 20.9. The van der Waals surface area contributed by atoms with Crippen molar-refractivity contribution in [2.75, 3.05) is 26.8 Å². The molecule has 0 radical (unpaired) electrons. The molecular formula is C21H25F2NO2. The maximum absolute atomic E-state index is 14.1. The van der Waals surface area contributed by atoms with E-state index in [9.17, 15) is 13.9 Å². The molecule has 1 atom stereocenters. The summed E-state index contributed by atoms with van der Waals surface area (Å²) in [6.07, 6.45) is 2.19. The minimum absolute atomic E-state index is 0.0110. The van der Waals surface area contributed by atoms with Crippen LogP contribution in [0.4, 0.5) is 8.78 Å². The van der Waals surface area contributed by atoms with Gasteiger partial charge in [-0.15, -0.1) is 0 Å². The molecule has 0 spiro atoms. The number of hydrogen-bond acceptors (Lipinski definition) is 3. The summed E-state index contributed by atoms with van der Waals surface area (Å²) in [6.45, 7) is 2.40. The van der Waals surface area contributed by atoms with Crippen molar-refractivity contribution in [3.63, 3.8) is 0 Å². The highest BCUT2D eigenvalue weighted by atomic mass is 19.1. The van der Waals surface area contributed by atoms with Crippen molar-refractivity contribution < 1.29 is 18.6 Å². The third kappa shape index (κ3) is 4.40. The highest BCUT2D eigenvalue weighted by Crippen LogP contribution is 2.34. The first-order valence-corrected chi connectivity index (χ1v) is 8.94. The lowest BCUT2D eigenvalue weighted by molar-refractivity contribution is 0.0282. The minimum atomic E-state index is -0.575. The average molecular weight is 361 g/mol. The fourth-order valence-corrected chi connectivity index (χ4v) is 3.83. The SMILES string of the molecule is COc1ccc(CN2CCCC(CO)(Cc3ccc(F)cc3F)C2)cc1. The second kappa shape index (κ2) is 8.14. The fraction of sp³-hybridized carbons (Fsp3) is 0.429. The van der Waals surface area contributed by atoms with Crippen LogP contribution in [0.15, 0.2) is 42.5 Å². The van der Waals surface area contributed by atoms with Crippen LogP contribution in [0.3, 0.4) is 0 Å². The molecule has 1 N–H and O–H groups in total. The van der Waals surface area contributed by atoms with Crippen molar-refractivity contribution >= 4 is 0 Å². The van der Waals surface area contributed by atoms with Gasteiger partial charge < -0.3 is 9.84 Å². The molecule has 0 amide bonds. The quantitative estimate of drug-likeness (QED) is 0.850. The van der Waals surface area contributed by atoms with Crippen molar-refractivity contribution in [1.82, 2.24) is 4.90 Å². The molecule has 26 heavy (non-hydrogen) atoms. The third-order valence-corrected chi connectivity index (χ3v) is 5.22. The second-order valence-electron chi connectivity index (χ2n) is 7.23. The van der Waals surface area contributed by atoms with E-state index in [1.54, 1.807) is 7.11 Å². The van der Waals surface area contributed by atoms with E-state index in [0.717, 1.165) is 37.7 Å². The highest BCUT2D eigenvalue weighted by Gasteiger charge is 2.35. The Morgan fingerprint density at radius 1 is 1.15 bits per heavy atom. The molecule has 3 nitrogen and oxygen atoms in total. The van der Waals surface area contributed by atoms with Gasteiger partial charge in [-0.05, 0) is 55.1 Å². The van der Waals surface area contributed by atoms with Crippen LogP contribution in [0.25, 0.3) is 0 Å². The molecule has 5 heteroatoms. The van der Waals surface area contributed by atoms with Crippen LogP contribution in [-0.4, -0.2) is 36.8 Å². The lowest BCUT2D eigenvalue weighted by atomic mass is 9.75. The Balaban J connectivity index is 1.71. The third-order valence-electron chi connectivity index (χ3n) is 5.22. The van der Waals surface area contributed by atoms with Gasteiger partial charge >= 0.3 is 0 Å². The standard InChI is InChI=1S/C21H25F2NO2/c1-26-19-7-3-16(4-8-19)13-24-10-2-9-21(14-24,15-25)12-17-5-6-18(22)11-20(17)23/h3-8,11,25H,2,9-10,12-15H2,1H3. The van der Waals surface area contributed by atoms with E-state index in [1.807, 2.05) is 24.3 Å². The summed E-state index contributed by atoms with van der Waals surface area (Å²) in [7, 11) is 1.64. The molecule has 0 aliphatic carbocycles. The molecule has 0 saturated carbocycles. The first-order valence-electron chi connectivity index (χ1n) is 8.94. The van der Waals surface area contributed by atoms with Gasteiger partial charge in [0.2, 0.25) is 0 Å². The number of methoxy groups -OCH3 is 1. The molecule has 140 valence electrons. The van der Waals surface area contributed by atoms with Gasteiger partial charge in [-0.2, -0.15) is 0 Å². The number of piperidine rings is 1. The first kappa shape index (κ1) is 18.8. The number of aliphatic hydroxyl groups excluding tert-OH is 1. The van der Waals surface area contributed by atoms with Crippen LogP contribution in [0.1, 0.15) is 24.0 Å². The van der Waals surface area contributed by atoms with E-state index in [0.29, 0.717) is 18.5 Å². The number of ether oxygens (including phenoxy) is 1. The topological polar surface area (TPSA) is 32.7 Å². The lowest BCUT2D eigenvalue weighted by Crippen LogP contribution is -2.46. The Morgan fingerprint density at radius 2 is 1.92 bits per heavy atom. The Bertz CT molecular complexity index is 735. The molecule has 1 aliphatic heterocycles. The van der Waals surface area contributed by atoms with Gasteiger partial charge in [0.1, 0.15) is 17.4 Å². The largest absolute Gasteiger partial charge is 0.497 e. The molecule has 1 fully saturated rings. The van der Waals surface area contributed by atoms with Crippen molar-refractivity contribution in [3.05, 3.63) is 65.2 Å². The maximum atomic E-state index is 14.1. The van der Waals surface area contributed by atoms with E-state index in [2.05, 4.69) is 4.90 Å². The molecule has 2 aromatic carbocycles. The van der Waals surface area contributed by atoms with Crippen LogP contribution < -0.4 is 4.74 Å². The number of nitrogens with zero attached hydrogens (tertiary/aromatic N) is 1. The Labute approximate surface area is 153 Å². The van der Waals surface area contributed by atoms with E-state index < -0.39 is 17.0 Å². The molecule has 1 unspecified atom stereocenters. The molecule has 2 aromatic rings. The zero-order valence-corrected chi connectivity index (χ0v) is 15.0. The molecule has 0 aromatic heterocycles. The van der Waals surface area contributed by atoms with Gasteiger partial charge in [0.25, 0.3) is 0 Å². The van der Waals surface area contributed by atoms with Crippen LogP contribution in [0.5, 0.6) is 5.75 Å². The Hall–Kier alpha value is -1.98. The summed E-state index contributed by atoms with van der Waals surface area (Å²) < 4.78 is 32.4. The molecule has 1 heterocycles. The van der Waals surface area contributed by atoms with Gasteiger partial charge in [-0.25, -0.2) is 8.78 Å². The summed E-state index contributed by atoms with van der Waals surface area (Å²) in [5.41, 5.74) is 1.24. The predicted molar refractivity (Wildman–Crippen MR) is 97.1 cm³/mol. The molecule has 1 saturated heterocycles. The van der Waals surface area contributed by atoms with Crippen molar-refractivity contribution in [3.8, 4) is 5.75 Å². The minimum Gasteiger partial charge on any atom is -0.497 e. The van der Waals surface area contributed by atoms with Crippen molar-refractivity contribution in [2.45, 2.75) is 25.8 Å². The predicted octanol–water partition coefficient (Wildman–Crippen LogP) is 3.79. The van der Waals surface area contributed by atoms with Gasteiger partial charge in [0, 0.05) is 24.6 Å². The molecular weight excluding hydrogens is 336 g/mol. The summed E-state index contributed by atoms with van der Waals surface area (Å²) in [5, 5.41) is 10.1. The number of benzene rings is 2. The number of likely N-dealkylation sites (tertiary alicyclic amines) is 1. The van der Waals surface area contributed by atoms with Crippen LogP contribution in [-0.2, 0) is 13.0 Å². The van der Waals surface area contributed by atoms with Gasteiger partial charge in [-0.3, -0.25) is 4.90 Å². The van der Waals surface area contributed by atoms with Crippen molar-refractivity contribution in [2.24, 2.45) is 5.41 Å². The molecule has 0 bridgehead atoms. The fourth-order valence-electron chi connectivity index (χ4n) is 3.83. The Morgan fingerprint density at radius 3 is 2.58 bits per heavy atom. The smallest absolute Gasteiger partial charge is 0.129 e. The number of aliphatic hydroxyl groups is 1. The van der Waals surface area contributed by atoms with Crippen LogP contribution >= 0.6 is 0 Å². The molecule has 3 rings (SSSR count). The summed E-state index contributed by atoms with van der Waals surface area (Å²) in [5.74, 6) is -0.289. The number of rotatable bonds is 6. The lowest BCUT2D eigenvalue weighted by Gasteiger charge is -2.42. The summed E-state index contributed by atoms with van der Waals surface area (Å²) >= 11 is 0. The number of hydrogen-bond donors (Lipinski definition) is 1. The van der Waals surface area contributed by atoms with Gasteiger partial charge in [-0.1, -0.05) is 18.2 Å². The Kier molecular flexibility index (Phi) is 5.89. The average Bonchev–Trinajstić information content (AvgIpc) is 2.65. The van der Waals surface area contributed by atoms with E-state index in [1.165, 1.54) is 17.7 Å². The zero-order chi connectivity index (χ0) is 18.6. The maximum Gasteiger partial charge on any atom is 0.129 e. The molecule has 1 aliphatic rings. The second-order valence-corrected chi connectivity index (χ2v) is 7.23. The van der Waals surface area contributed by atoms with Gasteiger partial charge in [0.05, 0.1) is 13.7 Å². The van der Waals surface area contributed by atoms with Crippen molar-refractivity contribution in [1.29, 1.82) is 0 Å². The van der Waals surface area contributed by atoms with Gasteiger partial charge in [0.15, 0.2) is 0 Å². The van der Waals surface area contributed by atoms with Crippen LogP contribution in [0.2, 0.25) is 0 Å². The number of halogens is 2. The van der Waals surface area contributed by atoms with E-state index in [4.69, 9.17) is 4.74 Å². The van der Waals surface area contributed by atoms with Crippen LogP contribution in [0, 0.1) is 17.0 Å². The summed E-state index contributed by atoms with van der Waals surface area (Å²) in [6, 6.07) is 11.6. The summed E-state index contributed by atoms with van der Waals surface area (Å²) in [4.78, 5) is 2.29. The van der Waals surface area contributed by atoms with E-state index >= 15 is 0 Å².